The third-order valence-corrected chi connectivity index (χ3v) is 5.19. The normalized spacial score (nSPS) is 23.8. The molecule has 3 nitrogen and oxygen atoms in total. The van der Waals surface area contributed by atoms with E-state index in [1.165, 1.54) is 16.7 Å². The molecule has 0 saturated heterocycles. The number of benzene rings is 2. The van der Waals surface area contributed by atoms with E-state index in [1.807, 2.05) is 6.07 Å². The lowest BCUT2D eigenvalue weighted by atomic mass is 9.90. The lowest BCUT2D eigenvalue weighted by Gasteiger charge is -2.41. The molecular formula is C20H23NO2. The van der Waals surface area contributed by atoms with Crippen LogP contribution in [0, 0.1) is 13.8 Å². The van der Waals surface area contributed by atoms with Gasteiger partial charge in [-0.2, -0.15) is 0 Å². The summed E-state index contributed by atoms with van der Waals surface area (Å²) < 4.78 is 6.01. The fourth-order valence-corrected chi connectivity index (χ4v) is 4.00. The first kappa shape index (κ1) is 14.7. The van der Waals surface area contributed by atoms with Gasteiger partial charge >= 0.3 is 0 Å². The minimum atomic E-state index is -0.482. The molecule has 0 fully saturated rings. The number of nitrogens with zero attached hydrogens (tertiary/aromatic N) is 1. The molecular weight excluding hydrogens is 286 g/mol. The van der Waals surface area contributed by atoms with Crippen molar-refractivity contribution in [2.45, 2.75) is 39.0 Å². The first-order chi connectivity index (χ1) is 11.1. The minimum absolute atomic E-state index is 0.0252. The quantitative estimate of drug-likeness (QED) is 0.878. The van der Waals surface area contributed by atoms with Crippen molar-refractivity contribution in [3.63, 3.8) is 0 Å². The van der Waals surface area contributed by atoms with Gasteiger partial charge in [0.2, 0.25) is 0 Å². The summed E-state index contributed by atoms with van der Waals surface area (Å²) in [5, 5.41) is 11.0. The zero-order chi connectivity index (χ0) is 16.0. The highest BCUT2D eigenvalue weighted by Crippen LogP contribution is 2.38. The molecule has 0 radical (unpaired) electrons. The van der Waals surface area contributed by atoms with E-state index in [0.717, 1.165) is 36.4 Å². The van der Waals surface area contributed by atoms with Crippen molar-refractivity contribution >= 4 is 0 Å². The van der Waals surface area contributed by atoms with Crippen LogP contribution in [-0.2, 0) is 13.0 Å². The average Bonchev–Trinajstić information content (AvgIpc) is 2.54. The molecule has 0 aliphatic carbocycles. The van der Waals surface area contributed by atoms with E-state index in [4.69, 9.17) is 4.74 Å². The molecule has 3 heteroatoms. The van der Waals surface area contributed by atoms with Crippen LogP contribution < -0.4 is 4.74 Å². The Labute approximate surface area is 137 Å². The predicted molar refractivity (Wildman–Crippen MR) is 90.7 cm³/mol. The maximum Gasteiger partial charge on any atom is 0.125 e. The molecule has 2 aromatic rings. The molecule has 2 atom stereocenters. The summed E-state index contributed by atoms with van der Waals surface area (Å²) in [4.78, 5) is 2.37. The fraction of sp³-hybridized carbons (Fsp3) is 0.400. The standard InChI is InChI=1S/C20H23NO2/c1-13-9-14(2)19-18(10-13)23-12-17(20(19)22)21-8-7-15-5-3-4-6-16(15)11-21/h3-6,9-10,17,20,22H,7-8,11-12H2,1-2H3. The lowest BCUT2D eigenvalue weighted by Crippen LogP contribution is -2.48. The number of aliphatic hydroxyl groups is 1. The fourth-order valence-electron chi connectivity index (χ4n) is 4.00. The summed E-state index contributed by atoms with van der Waals surface area (Å²) in [6.07, 6.45) is 0.559. The van der Waals surface area contributed by atoms with E-state index in [9.17, 15) is 5.11 Å². The molecule has 0 bridgehead atoms. The predicted octanol–water partition coefficient (Wildman–Crippen LogP) is 3.16. The van der Waals surface area contributed by atoms with E-state index in [-0.39, 0.29) is 6.04 Å². The van der Waals surface area contributed by atoms with Crippen molar-refractivity contribution in [3.05, 3.63) is 64.2 Å². The maximum absolute atomic E-state index is 11.0. The summed E-state index contributed by atoms with van der Waals surface area (Å²) in [5.74, 6) is 0.851. The van der Waals surface area contributed by atoms with E-state index >= 15 is 0 Å². The van der Waals surface area contributed by atoms with Crippen LogP contribution in [0.4, 0.5) is 0 Å². The van der Waals surface area contributed by atoms with Crippen LogP contribution in [0.5, 0.6) is 5.75 Å². The summed E-state index contributed by atoms with van der Waals surface area (Å²) in [5.41, 5.74) is 6.07. The molecule has 0 saturated carbocycles. The molecule has 0 spiro atoms. The first-order valence-electron chi connectivity index (χ1n) is 8.36. The third kappa shape index (κ3) is 2.54. The molecule has 4 rings (SSSR count). The highest BCUT2D eigenvalue weighted by atomic mass is 16.5. The number of ether oxygens (including phenoxy) is 1. The number of hydrogen-bond acceptors (Lipinski definition) is 3. The number of aryl methyl sites for hydroxylation is 2. The molecule has 2 aromatic carbocycles. The van der Waals surface area contributed by atoms with Gasteiger partial charge in [-0.15, -0.1) is 0 Å². The highest BCUT2D eigenvalue weighted by Gasteiger charge is 2.36. The van der Waals surface area contributed by atoms with Crippen LogP contribution in [0.3, 0.4) is 0 Å². The second-order valence-corrected chi connectivity index (χ2v) is 6.81. The Hall–Kier alpha value is -1.84. The second kappa shape index (κ2) is 5.66. The Bertz CT molecular complexity index is 740. The zero-order valence-corrected chi connectivity index (χ0v) is 13.7. The number of aliphatic hydroxyl groups excluding tert-OH is 1. The third-order valence-electron chi connectivity index (χ3n) is 5.19. The van der Waals surface area contributed by atoms with E-state index in [1.54, 1.807) is 0 Å². The largest absolute Gasteiger partial charge is 0.491 e. The zero-order valence-electron chi connectivity index (χ0n) is 13.7. The van der Waals surface area contributed by atoms with Crippen LogP contribution >= 0.6 is 0 Å². The van der Waals surface area contributed by atoms with Crippen LogP contribution in [0.1, 0.15) is 33.9 Å². The van der Waals surface area contributed by atoms with E-state index < -0.39 is 6.10 Å². The van der Waals surface area contributed by atoms with E-state index in [0.29, 0.717) is 6.61 Å². The summed E-state index contributed by atoms with van der Waals surface area (Å²) >= 11 is 0. The first-order valence-corrected chi connectivity index (χ1v) is 8.36. The number of fused-ring (bicyclic) bond motifs is 2. The van der Waals surface area contributed by atoms with Crippen molar-refractivity contribution in [2.75, 3.05) is 13.2 Å². The lowest BCUT2D eigenvalue weighted by molar-refractivity contribution is -0.00327. The van der Waals surface area contributed by atoms with Gasteiger partial charge in [-0.3, -0.25) is 4.90 Å². The van der Waals surface area contributed by atoms with Crippen LogP contribution in [-0.4, -0.2) is 29.2 Å². The Morgan fingerprint density at radius 2 is 1.91 bits per heavy atom. The van der Waals surface area contributed by atoms with E-state index in [2.05, 4.69) is 49.1 Å². The van der Waals surface area contributed by atoms with Crippen LogP contribution in [0.15, 0.2) is 36.4 Å². The Morgan fingerprint density at radius 1 is 1.13 bits per heavy atom. The van der Waals surface area contributed by atoms with Crippen molar-refractivity contribution in [2.24, 2.45) is 0 Å². The number of rotatable bonds is 1. The van der Waals surface area contributed by atoms with Gasteiger partial charge < -0.3 is 9.84 Å². The highest BCUT2D eigenvalue weighted by molar-refractivity contribution is 5.46. The molecule has 2 unspecified atom stereocenters. The summed E-state index contributed by atoms with van der Waals surface area (Å²) in [6.45, 7) is 6.55. The molecule has 23 heavy (non-hydrogen) atoms. The van der Waals surface area contributed by atoms with Gasteiger partial charge in [0.25, 0.3) is 0 Å². The van der Waals surface area contributed by atoms with Gasteiger partial charge in [0.05, 0.1) is 6.04 Å². The van der Waals surface area contributed by atoms with Gasteiger partial charge in [0.15, 0.2) is 0 Å². The monoisotopic (exact) mass is 309 g/mol. The second-order valence-electron chi connectivity index (χ2n) is 6.81. The summed E-state index contributed by atoms with van der Waals surface area (Å²) in [7, 11) is 0. The topological polar surface area (TPSA) is 32.7 Å². The Kier molecular flexibility index (Phi) is 3.63. The molecule has 1 N–H and O–H groups in total. The summed E-state index contributed by atoms with van der Waals surface area (Å²) in [6, 6.07) is 12.8. The van der Waals surface area contributed by atoms with Gasteiger partial charge in [-0.1, -0.05) is 30.3 Å². The smallest absolute Gasteiger partial charge is 0.125 e. The molecule has 2 aliphatic heterocycles. The molecule has 0 amide bonds. The van der Waals surface area contributed by atoms with Gasteiger partial charge in [0, 0.05) is 18.7 Å². The molecule has 0 aromatic heterocycles. The van der Waals surface area contributed by atoms with Gasteiger partial charge in [-0.25, -0.2) is 0 Å². The van der Waals surface area contributed by atoms with Crippen molar-refractivity contribution in [3.8, 4) is 5.75 Å². The van der Waals surface area contributed by atoms with Gasteiger partial charge in [-0.05, 0) is 48.6 Å². The maximum atomic E-state index is 11.0. The average molecular weight is 309 g/mol. The van der Waals surface area contributed by atoms with Crippen LogP contribution in [0.25, 0.3) is 0 Å². The van der Waals surface area contributed by atoms with Crippen molar-refractivity contribution in [1.82, 2.24) is 4.90 Å². The minimum Gasteiger partial charge on any atom is -0.491 e. The SMILES string of the molecule is Cc1cc(C)c2c(c1)OCC(N1CCc3ccccc3C1)C2O. The van der Waals surface area contributed by atoms with Crippen molar-refractivity contribution < 1.29 is 9.84 Å². The van der Waals surface area contributed by atoms with Crippen molar-refractivity contribution in [1.29, 1.82) is 0 Å². The Balaban J connectivity index is 1.62. The number of hydrogen-bond donors (Lipinski definition) is 1. The molecule has 2 heterocycles. The molecule has 2 aliphatic rings. The van der Waals surface area contributed by atoms with Gasteiger partial charge in [0.1, 0.15) is 18.5 Å². The van der Waals surface area contributed by atoms with Crippen LogP contribution in [0.2, 0.25) is 0 Å². The molecule has 120 valence electrons. The Morgan fingerprint density at radius 3 is 2.74 bits per heavy atom.